The second-order valence-corrected chi connectivity index (χ2v) is 4.01. The van der Waals surface area contributed by atoms with Crippen molar-refractivity contribution in [3.8, 4) is 5.75 Å². The third-order valence-corrected chi connectivity index (χ3v) is 2.58. The number of carbonyl (C=O) groups excluding carboxylic acids is 1. The van der Waals surface area contributed by atoms with Gasteiger partial charge in [0.05, 0.1) is 12.5 Å². The summed E-state index contributed by atoms with van der Waals surface area (Å²) in [6, 6.07) is 4.97. The summed E-state index contributed by atoms with van der Waals surface area (Å²) < 4.78 is 10.5. The minimum Gasteiger partial charge on any atom is -0.497 e. The van der Waals surface area contributed by atoms with Crippen molar-refractivity contribution >= 4 is 16.9 Å². The molecule has 1 aromatic carbocycles. The maximum atomic E-state index is 11.9. The molecule has 0 atom stereocenters. The molecule has 0 aliphatic rings. The number of methoxy groups -OCH3 is 1. The van der Waals surface area contributed by atoms with Crippen molar-refractivity contribution in [1.29, 1.82) is 0 Å². The van der Waals surface area contributed by atoms with Crippen LogP contribution in [0.1, 0.15) is 12.8 Å². The van der Waals surface area contributed by atoms with E-state index in [2.05, 4.69) is 10.3 Å². The Morgan fingerprint density at radius 3 is 2.95 bits per heavy atom. The van der Waals surface area contributed by atoms with E-state index in [9.17, 15) is 9.59 Å². The molecular formula is C13H14N2O4. The van der Waals surface area contributed by atoms with Crippen molar-refractivity contribution < 1.29 is 13.9 Å². The van der Waals surface area contributed by atoms with Crippen molar-refractivity contribution in [1.82, 2.24) is 10.3 Å². The first-order chi connectivity index (χ1) is 9.10. The van der Waals surface area contributed by atoms with Crippen molar-refractivity contribution in [3.05, 3.63) is 34.4 Å². The molecule has 1 aromatic heterocycles. The fourth-order valence-corrected chi connectivity index (χ4v) is 1.67. The third kappa shape index (κ3) is 3.09. The molecule has 1 N–H and O–H groups in total. The Morgan fingerprint density at radius 1 is 1.47 bits per heavy atom. The SMILES string of the molecule is COc1ccc2oc(CCNC(C)=O)nc(=O)c2c1. The smallest absolute Gasteiger partial charge is 0.283 e. The summed E-state index contributed by atoms with van der Waals surface area (Å²) in [5, 5.41) is 3.00. The molecule has 1 heterocycles. The number of carbonyl (C=O) groups is 1. The lowest BCUT2D eigenvalue weighted by atomic mass is 10.2. The van der Waals surface area contributed by atoms with Gasteiger partial charge in [0.25, 0.3) is 5.56 Å². The number of fused-ring (bicyclic) bond motifs is 1. The Bertz CT molecular complexity index is 663. The fraction of sp³-hybridized carbons (Fsp3) is 0.308. The van der Waals surface area contributed by atoms with E-state index >= 15 is 0 Å². The van der Waals surface area contributed by atoms with E-state index in [1.165, 1.54) is 14.0 Å². The lowest BCUT2D eigenvalue weighted by Gasteiger charge is -2.04. The van der Waals surface area contributed by atoms with Crippen LogP contribution in [0.4, 0.5) is 0 Å². The summed E-state index contributed by atoms with van der Waals surface area (Å²) in [7, 11) is 1.53. The molecule has 100 valence electrons. The number of hydrogen-bond acceptors (Lipinski definition) is 5. The van der Waals surface area contributed by atoms with Crippen molar-refractivity contribution in [3.63, 3.8) is 0 Å². The summed E-state index contributed by atoms with van der Waals surface area (Å²) in [5.74, 6) is 0.747. The van der Waals surface area contributed by atoms with Crippen LogP contribution in [0, 0.1) is 0 Å². The maximum Gasteiger partial charge on any atom is 0.283 e. The number of aromatic nitrogens is 1. The Labute approximate surface area is 109 Å². The molecule has 2 aromatic rings. The van der Waals surface area contributed by atoms with Crippen molar-refractivity contribution in [2.75, 3.05) is 13.7 Å². The highest BCUT2D eigenvalue weighted by molar-refractivity contribution is 5.77. The van der Waals surface area contributed by atoms with Crippen LogP contribution in [-0.2, 0) is 11.2 Å². The Kier molecular flexibility index (Phi) is 3.79. The largest absolute Gasteiger partial charge is 0.497 e. The van der Waals surface area contributed by atoms with Gasteiger partial charge in [-0.05, 0) is 18.2 Å². The zero-order chi connectivity index (χ0) is 13.8. The summed E-state index contributed by atoms with van der Waals surface area (Å²) in [6.45, 7) is 1.81. The average Bonchev–Trinajstić information content (AvgIpc) is 2.38. The van der Waals surface area contributed by atoms with Crippen LogP contribution >= 0.6 is 0 Å². The molecule has 0 aliphatic heterocycles. The molecule has 0 spiro atoms. The van der Waals surface area contributed by atoms with Crippen LogP contribution in [-0.4, -0.2) is 24.5 Å². The number of benzene rings is 1. The molecule has 2 rings (SSSR count). The maximum absolute atomic E-state index is 11.9. The van der Waals surface area contributed by atoms with E-state index in [0.29, 0.717) is 35.6 Å². The zero-order valence-corrected chi connectivity index (χ0v) is 10.7. The van der Waals surface area contributed by atoms with Crippen LogP contribution in [0.5, 0.6) is 5.75 Å². The molecule has 6 nitrogen and oxygen atoms in total. The lowest BCUT2D eigenvalue weighted by molar-refractivity contribution is -0.118. The van der Waals surface area contributed by atoms with Crippen LogP contribution in [0.25, 0.3) is 11.0 Å². The first-order valence-corrected chi connectivity index (χ1v) is 5.82. The van der Waals surface area contributed by atoms with Crippen LogP contribution in [0.2, 0.25) is 0 Å². The van der Waals surface area contributed by atoms with E-state index in [0.717, 1.165) is 0 Å². The number of hydrogen-bond donors (Lipinski definition) is 1. The molecule has 1 amide bonds. The van der Waals surface area contributed by atoms with Crippen LogP contribution < -0.4 is 15.6 Å². The molecule has 6 heteroatoms. The van der Waals surface area contributed by atoms with Crippen molar-refractivity contribution in [2.45, 2.75) is 13.3 Å². The van der Waals surface area contributed by atoms with Gasteiger partial charge in [-0.15, -0.1) is 0 Å². The van der Waals surface area contributed by atoms with E-state index in [1.807, 2.05) is 0 Å². The molecule has 0 saturated carbocycles. The number of rotatable bonds is 4. The molecule has 0 aliphatic carbocycles. The minimum atomic E-state index is -0.363. The molecular weight excluding hydrogens is 248 g/mol. The second kappa shape index (κ2) is 5.51. The molecule has 0 saturated heterocycles. The van der Waals surface area contributed by atoms with Gasteiger partial charge in [-0.1, -0.05) is 0 Å². The summed E-state index contributed by atoms with van der Waals surface area (Å²) in [6.07, 6.45) is 0.372. The standard InChI is InChI=1S/C13H14N2O4/c1-8(16)14-6-5-12-15-13(17)10-7-9(18-2)3-4-11(10)19-12/h3-4,7H,5-6H2,1-2H3,(H,14,16). The van der Waals surface area contributed by atoms with Crippen molar-refractivity contribution in [2.24, 2.45) is 0 Å². The highest BCUT2D eigenvalue weighted by Crippen LogP contribution is 2.18. The predicted octanol–water partition coefficient (Wildman–Crippen LogP) is 0.875. The van der Waals surface area contributed by atoms with Gasteiger partial charge in [0.15, 0.2) is 5.89 Å². The van der Waals surface area contributed by atoms with E-state index in [-0.39, 0.29) is 11.5 Å². The molecule has 0 unspecified atom stereocenters. The Balaban J connectivity index is 2.29. The first-order valence-electron chi connectivity index (χ1n) is 5.82. The van der Waals surface area contributed by atoms with Gasteiger partial charge in [-0.2, -0.15) is 4.98 Å². The molecule has 0 radical (unpaired) electrons. The fourth-order valence-electron chi connectivity index (χ4n) is 1.67. The van der Waals surface area contributed by atoms with Crippen LogP contribution in [0.15, 0.2) is 27.4 Å². The quantitative estimate of drug-likeness (QED) is 0.884. The van der Waals surface area contributed by atoms with Gasteiger partial charge in [0.2, 0.25) is 5.91 Å². The van der Waals surface area contributed by atoms with Gasteiger partial charge in [0.1, 0.15) is 11.3 Å². The van der Waals surface area contributed by atoms with E-state index in [1.54, 1.807) is 18.2 Å². The van der Waals surface area contributed by atoms with Gasteiger partial charge in [-0.25, -0.2) is 0 Å². The van der Waals surface area contributed by atoms with E-state index < -0.39 is 0 Å². The summed E-state index contributed by atoms with van der Waals surface area (Å²) in [5.41, 5.74) is 0.0941. The van der Waals surface area contributed by atoms with Gasteiger partial charge < -0.3 is 14.5 Å². The number of nitrogens with one attached hydrogen (secondary N) is 1. The highest BCUT2D eigenvalue weighted by atomic mass is 16.5. The minimum absolute atomic E-state index is 0.132. The van der Waals surface area contributed by atoms with Gasteiger partial charge in [0, 0.05) is 19.9 Å². The Hall–Kier alpha value is -2.37. The monoisotopic (exact) mass is 262 g/mol. The highest BCUT2D eigenvalue weighted by Gasteiger charge is 2.07. The third-order valence-electron chi connectivity index (χ3n) is 2.58. The van der Waals surface area contributed by atoms with Gasteiger partial charge in [-0.3, -0.25) is 9.59 Å². The first kappa shape index (κ1) is 13.1. The molecule has 0 bridgehead atoms. The Morgan fingerprint density at radius 2 is 2.26 bits per heavy atom. The number of nitrogens with zero attached hydrogens (tertiary/aromatic N) is 1. The van der Waals surface area contributed by atoms with Crippen LogP contribution in [0.3, 0.4) is 0 Å². The lowest BCUT2D eigenvalue weighted by Crippen LogP contribution is -2.23. The predicted molar refractivity (Wildman–Crippen MR) is 69.2 cm³/mol. The molecule has 0 fully saturated rings. The second-order valence-electron chi connectivity index (χ2n) is 4.01. The zero-order valence-electron chi connectivity index (χ0n) is 10.7. The number of ether oxygens (including phenoxy) is 1. The molecule has 19 heavy (non-hydrogen) atoms. The average molecular weight is 262 g/mol. The van der Waals surface area contributed by atoms with E-state index in [4.69, 9.17) is 9.15 Å². The topological polar surface area (TPSA) is 81.4 Å². The summed E-state index contributed by atoms with van der Waals surface area (Å²) in [4.78, 5) is 26.4. The number of amides is 1. The normalized spacial score (nSPS) is 10.4. The summed E-state index contributed by atoms with van der Waals surface area (Å²) >= 11 is 0. The van der Waals surface area contributed by atoms with Gasteiger partial charge >= 0.3 is 0 Å².